The highest BCUT2D eigenvalue weighted by molar-refractivity contribution is 9.11. The van der Waals surface area contributed by atoms with Crippen molar-refractivity contribution in [2.45, 2.75) is 15.5 Å². The van der Waals surface area contributed by atoms with Crippen LogP contribution in [0.1, 0.15) is 11.1 Å². The first-order valence-electron chi connectivity index (χ1n) is 6.33. The number of hydrogen-bond donors (Lipinski definition) is 0. The van der Waals surface area contributed by atoms with Crippen LogP contribution in [0.25, 0.3) is 0 Å². The van der Waals surface area contributed by atoms with Gasteiger partial charge < -0.3 is 0 Å². The summed E-state index contributed by atoms with van der Waals surface area (Å²) in [5.41, 5.74) is 0.970. The zero-order valence-corrected chi connectivity index (χ0v) is 22.0. The van der Waals surface area contributed by atoms with Gasteiger partial charge in [0.2, 0.25) is 0 Å². The molecule has 0 aliphatic rings. The lowest BCUT2D eigenvalue weighted by molar-refractivity contribution is 0.617. The Morgan fingerprint density at radius 3 is 1.58 bits per heavy atom. The van der Waals surface area contributed by atoms with Crippen molar-refractivity contribution in [1.29, 1.82) is 0 Å². The van der Waals surface area contributed by atoms with Crippen LogP contribution in [0.15, 0.2) is 33.2 Å². The molecule has 26 heavy (non-hydrogen) atoms. The second-order valence-electron chi connectivity index (χ2n) is 4.35. The van der Waals surface area contributed by atoms with Crippen molar-refractivity contribution in [3.05, 3.63) is 66.0 Å². The van der Waals surface area contributed by atoms with Crippen molar-refractivity contribution in [2.24, 2.45) is 0 Å². The second-order valence-corrected chi connectivity index (χ2v) is 10.8. The lowest BCUT2D eigenvalue weighted by atomic mass is 10.2. The molecule has 0 aliphatic carbocycles. The summed E-state index contributed by atoms with van der Waals surface area (Å²) in [4.78, 5) is 0. The van der Waals surface area contributed by atoms with Crippen molar-refractivity contribution in [3.63, 3.8) is 0 Å². The summed E-state index contributed by atoms with van der Waals surface area (Å²) in [6.45, 7) is 1.64. The lowest BCUT2D eigenvalue weighted by Gasteiger charge is -2.02. The standard InChI is InChI=1S/C7H4Br2ClF.C7H5BrClF.CCl4/c8-3-4-6(11)2-1-5(9)7(4)10;1-4-6(10)3-2-5(8)7(4)9;2-1(3,4)5/h1-2H,3H2;2-3H,1H3;. The molecule has 11 heteroatoms. The van der Waals surface area contributed by atoms with Crippen LogP contribution in [0.2, 0.25) is 10.0 Å². The normalized spacial score (nSPS) is 10.5. The van der Waals surface area contributed by atoms with Crippen LogP contribution in [0.4, 0.5) is 8.78 Å². The van der Waals surface area contributed by atoms with Gasteiger partial charge in [0, 0.05) is 25.4 Å². The maximum atomic E-state index is 12.9. The molecule has 0 amide bonds. The van der Waals surface area contributed by atoms with E-state index in [1.165, 1.54) is 12.1 Å². The molecule has 146 valence electrons. The molecule has 2 aromatic rings. The Bertz CT molecular complexity index is 705. The molecule has 0 heterocycles. The molecule has 0 aromatic heterocycles. The van der Waals surface area contributed by atoms with Gasteiger partial charge in [-0.25, -0.2) is 8.78 Å². The Labute approximate surface area is 205 Å². The van der Waals surface area contributed by atoms with Crippen molar-refractivity contribution in [3.8, 4) is 0 Å². The van der Waals surface area contributed by atoms with Crippen LogP contribution >= 0.6 is 117 Å². The first-order valence-corrected chi connectivity index (χ1v) is 11.3. The third kappa shape index (κ3) is 10.9. The van der Waals surface area contributed by atoms with Gasteiger partial charge in [0.1, 0.15) is 11.6 Å². The molecule has 0 aliphatic heterocycles. The fourth-order valence-corrected chi connectivity index (χ4v) is 3.20. The van der Waals surface area contributed by atoms with Crippen molar-refractivity contribution < 1.29 is 8.78 Å². The first-order chi connectivity index (χ1) is 11.8. The molecule has 0 atom stereocenters. The fourth-order valence-electron chi connectivity index (χ4n) is 1.32. The maximum absolute atomic E-state index is 12.9. The minimum atomic E-state index is -1.61. The van der Waals surface area contributed by atoms with Gasteiger partial charge >= 0.3 is 0 Å². The largest absolute Gasteiger partial charge is 0.266 e. The molecule has 0 unspecified atom stereocenters. The lowest BCUT2D eigenvalue weighted by Crippen LogP contribution is -1.87. The minimum absolute atomic E-state index is 0.270. The molecule has 0 N–H and O–H groups in total. The molecule has 2 rings (SSSR count). The summed E-state index contributed by atoms with van der Waals surface area (Å²) < 4.78 is 25.4. The van der Waals surface area contributed by atoms with Crippen molar-refractivity contribution in [1.82, 2.24) is 0 Å². The third-order valence-electron chi connectivity index (χ3n) is 2.55. The summed E-state index contributed by atoms with van der Waals surface area (Å²) >= 11 is 40.3. The van der Waals surface area contributed by atoms with E-state index in [0.29, 0.717) is 26.5 Å². The van der Waals surface area contributed by atoms with Gasteiger partial charge in [0.15, 0.2) is 0 Å². The Hall–Kier alpha value is 1.48. The van der Waals surface area contributed by atoms with E-state index in [1.807, 2.05) is 0 Å². The van der Waals surface area contributed by atoms with Gasteiger partial charge in [-0.05, 0) is 63.0 Å². The van der Waals surface area contributed by atoms with E-state index in [0.717, 1.165) is 8.95 Å². The molecule has 0 radical (unpaired) electrons. The number of hydrogen-bond acceptors (Lipinski definition) is 0. The van der Waals surface area contributed by atoms with Crippen LogP contribution < -0.4 is 0 Å². The third-order valence-corrected chi connectivity index (χ3v) is 5.80. The molecule has 0 spiro atoms. The predicted octanol–water partition coefficient (Wildman–Crippen LogP) is 10.2. The quantitative estimate of drug-likeness (QED) is 0.208. The summed E-state index contributed by atoms with van der Waals surface area (Å²) in [5.74, 6) is -0.553. The summed E-state index contributed by atoms with van der Waals surface area (Å²) in [5, 5.41) is 1.30. The molecule has 0 nitrogen and oxygen atoms in total. The summed E-state index contributed by atoms with van der Waals surface area (Å²) in [7, 11) is 0. The van der Waals surface area contributed by atoms with Gasteiger partial charge in [-0.3, -0.25) is 0 Å². The van der Waals surface area contributed by atoms with Crippen LogP contribution in [0, 0.1) is 18.6 Å². The van der Waals surface area contributed by atoms with E-state index in [4.69, 9.17) is 69.6 Å². The average Bonchev–Trinajstić information content (AvgIpc) is 2.53. The Balaban J connectivity index is 0.000000387. The molecule has 0 bridgehead atoms. The number of rotatable bonds is 1. The smallest absolute Gasteiger partial charge is 0.207 e. The highest BCUT2D eigenvalue weighted by atomic mass is 79.9. The zero-order chi connectivity index (χ0) is 20.7. The molecule has 0 fully saturated rings. The molecular formula is C15H9Br3Cl6F2. The van der Waals surface area contributed by atoms with Gasteiger partial charge in [-0.2, -0.15) is 0 Å². The minimum Gasteiger partial charge on any atom is -0.207 e. The Morgan fingerprint density at radius 1 is 0.846 bits per heavy atom. The second kappa shape index (κ2) is 12.9. The van der Waals surface area contributed by atoms with Crippen molar-refractivity contribution >= 4 is 117 Å². The van der Waals surface area contributed by atoms with E-state index < -0.39 is 3.25 Å². The van der Waals surface area contributed by atoms with Gasteiger partial charge in [0.25, 0.3) is 3.25 Å². The number of halogens is 11. The molecular weight excluding hydrogens is 671 g/mol. The highest BCUT2D eigenvalue weighted by Gasteiger charge is 2.11. The Morgan fingerprint density at radius 2 is 1.23 bits per heavy atom. The highest BCUT2D eigenvalue weighted by Crippen LogP contribution is 2.30. The zero-order valence-electron chi connectivity index (χ0n) is 12.7. The van der Waals surface area contributed by atoms with Crippen molar-refractivity contribution in [2.75, 3.05) is 0 Å². The van der Waals surface area contributed by atoms with Gasteiger partial charge in [0.05, 0.1) is 10.0 Å². The fraction of sp³-hybridized carbons (Fsp3) is 0.200. The van der Waals surface area contributed by atoms with Crippen LogP contribution in [0.5, 0.6) is 0 Å². The average molecular weight is 680 g/mol. The Kier molecular flexibility index (Phi) is 13.7. The van der Waals surface area contributed by atoms with Crippen LogP contribution in [0.3, 0.4) is 0 Å². The van der Waals surface area contributed by atoms with E-state index in [9.17, 15) is 8.78 Å². The summed E-state index contributed by atoms with van der Waals surface area (Å²) in [6.07, 6.45) is 0. The van der Waals surface area contributed by atoms with Crippen LogP contribution in [-0.2, 0) is 5.33 Å². The molecule has 0 saturated carbocycles. The summed E-state index contributed by atoms with van der Waals surface area (Å²) in [6, 6.07) is 5.94. The van der Waals surface area contributed by atoms with E-state index in [-0.39, 0.29) is 11.6 Å². The topological polar surface area (TPSA) is 0 Å². The number of benzene rings is 2. The molecule has 2 aromatic carbocycles. The molecule has 0 saturated heterocycles. The number of alkyl halides is 5. The SMILES string of the molecule is Cc1c(F)ccc(Br)c1Cl.ClC(Cl)(Cl)Cl.Fc1ccc(Br)c(Cl)c1CBr. The predicted molar refractivity (Wildman–Crippen MR) is 122 cm³/mol. The van der Waals surface area contributed by atoms with E-state index >= 15 is 0 Å². The van der Waals surface area contributed by atoms with Gasteiger partial charge in [-0.1, -0.05) is 85.5 Å². The van der Waals surface area contributed by atoms with Crippen LogP contribution in [-0.4, -0.2) is 3.25 Å². The van der Waals surface area contributed by atoms with E-state index in [1.54, 1.807) is 19.1 Å². The maximum Gasteiger partial charge on any atom is 0.266 e. The van der Waals surface area contributed by atoms with Gasteiger partial charge in [-0.15, -0.1) is 0 Å². The van der Waals surface area contributed by atoms with E-state index in [2.05, 4.69) is 47.8 Å². The monoisotopic (exact) mass is 674 g/mol. The first kappa shape index (κ1) is 27.5.